The van der Waals surface area contributed by atoms with Crippen molar-refractivity contribution in [2.45, 2.75) is 4.90 Å². The maximum Gasteiger partial charge on any atom is 0.263 e. The van der Waals surface area contributed by atoms with Crippen LogP contribution in [-0.2, 0) is 10.0 Å². The summed E-state index contributed by atoms with van der Waals surface area (Å²) in [6.07, 6.45) is 0. The summed E-state index contributed by atoms with van der Waals surface area (Å²) in [6.45, 7) is 0. The number of nitrogen functional groups attached to an aromatic ring is 1. The molecule has 0 amide bonds. The Hall–Kier alpha value is -0.800. The van der Waals surface area contributed by atoms with E-state index in [9.17, 15) is 8.42 Å². The van der Waals surface area contributed by atoms with Crippen LogP contribution in [0.2, 0.25) is 0 Å². The lowest BCUT2D eigenvalue weighted by molar-refractivity contribution is 0.601. The lowest BCUT2D eigenvalue weighted by Crippen LogP contribution is -2.14. The molecule has 100 valence electrons. The van der Waals surface area contributed by atoms with Crippen molar-refractivity contribution in [3.8, 4) is 0 Å². The standard InChI is InChI=1S/C12H10BrIN2O2S/c13-8-4-5-11(15)12(6-8)19(17,18)16-10-3-1-2-9(14)7-10/h1-7,16H,15H2. The highest BCUT2D eigenvalue weighted by Crippen LogP contribution is 2.25. The van der Waals surface area contributed by atoms with E-state index in [0.717, 1.165) is 3.57 Å². The average Bonchev–Trinajstić information content (AvgIpc) is 2.31. The summed E-state index contributed by atoms with van der Waals surface area (Å²) in [5.74, 6) is 0. The van der Waals surface area contributed by atoms with Crippen molar-refractivity contribution in [3.63, 3.8) is 0 Å². The molecule has 2 rings (SSSR count). The van der Waals surface area contributed by atoms with Gasteiger partial charge in [0, 0.05) is 13.7 Å². The van der Waals surface area contributed by atoms with Crippen LogP contribution in [0.1, 0.15) is 0 Å². The Morgan fingerprint density at radius 3 is 2.58 bits per heavy atom. The monoisotopic (exact) mass is 452 g/mol. The van der Waals surface area contributed by atoms with Gasteiger partial charge in [-0.25, -0.2) is 8.42 Å². The molecule has 0 atom stereocenters. The van der Waals surface area contributed by atoms with Crippen LogP contribution in [-0.4, -0.2) is 8.42 Å². The fourth-order valence-corrected chi connectivity index (χ4v) is 3.77. The van der Waals surface area contributed by atoms with E-state index in [1.54, 1.807) is 30.3 Å². The van der Waals surface area contributed by atoms with Gasteiger partial charge in [-0.05, 0) is 59.0 Å². The minimum Gasteiger partial charge on any atom is -0.398 e. The topological polar surface area (TPSA) is 72.2 Å². The number of halogens is 2. The van der Waals surface area contributed by atoms with Crippen molar-refractivity contribution in [3.05, 3.63) is 50.5 Å². The Balaban J connectivity index is 2.40. The molecule has 4 nitrogen and oxygen atoms in total. The minimum atomic E-state index is -3.69. The van der Waals surface area contributed by atoms with Gasteiger partial charge in [-0.3, -0.25) is 4.72 Å². The maximum atomic E-state index is 12.3. The first-order chi connectivity index (χ1) is 8.88. The zero-order chi connectivity index (χ0) is 14.0. The largest absolute Gasteiger partial charge is 0.398 e. The first-order valence-corrected chi connectivity index (χ1v) is 8.57. The maximum absolute atomic E-state index is 12.3. The van der Waals surface area contributed by atoms with Gasteiger partial charge in [-0.15, -0.1) is 0 Å². The molecule has 0 spiro atoms. The molecule has 0 heterocycles. The number of nitrogens with two attached hydrogens (primary N) is 1. The van der Waals surface area contributed by atoms with Crippen LogP contribution in [0.15, 0.2) is 51.8 Å². The van der Waals surface area contributed by atoms with E-state index >= 15 is 0 Å². The van der Waals surface area contributed by atoms with Crippen LogP contribution in [0.25, 0.3) is 0 Å². The van der Waals surface area contributed by atoms with E-state index in [0.29, 0.717) is 10.2 Å². The zero-order valence-electron chi connectivity index (χ0n) is 9.60. The van der Waals surface area contributed by atoms with Crippen molar-refractivity contribution >= 4 is 59.9 Å². The summed E-state index contributed by atoms with van der Waals surface area (Å²) in [5, 5.41) is 0. The van der Waals surface area contributed by atoms with E-state index in [2.05, 4.69) is 43.2 Å². The average molecular weight is 453 g/mol. The number of sulfonamides is 1. The Morgan fingerprint density at radius 1 is 1.16 bits per heavy atom. The second-order valence-electron chi connectivity index (χ2n) is 3.80. The van der Waals surface area contributed by atoms with Crippen molar-refractivity contribution in [2.24, 2.45) is 0 Å². The molecule has 0 saturated carbocycles. The van der Waals surface area contributed by atoms with E-state index in [1.165, 1.54) is 6.07 Å². The number of anilines is 2. The Morgan fingerprint density at radius 2 is 1.89 bits per heavy atom. The van der Waals surface area contributed by atoms with E-state index in [4.69, 9.17) is 5.73 Å². The molecule has 0 aliphatic heterocycles. The Kier molecular flexibility index (Phi) is 4.36. The summed E-state index contributed by atoms with van der Waals surface area (Å²) in [7, 11) is -3.69. The molecule has 7 heteroatoms. The Labute approximate surface area is 133 Å². The number of hydrogen-bond acceptors (Lipinski definition) is 3. The highest BCUT2D eigenvalue weighted by Gasteiger charge is 2.18. The second kappa shape index (κ2) is 5.68. The molecule has 0 aliphatic carbocycles. The van der Waals surface area contributed by atoms with Crippen molar-refractivity contribution in [2.75, 3.05) is 10.5 Å². The molecule has 0 bridgehead atoms. The van der Waals surface area contributed by atoms with Crippen molar-refractivity contribution in [1.29, 1.82) is 0 Å². The highest BCUT2D eigenvalue weighted by atomic mass is 127. The second-order valence-corrected chi connectivity index (χ2v) is 7.61. The van der Waals surface area contributed by atoms with Crippen LogP contribution >= 0.6 is 38.5 Å². The number of benzene rings is 2. The molecule has 0 aromatic heterocycles. The van der Waals surface area contributed by atoms with Gasteiger partial charge in [0.15, 0.2) is 0 Å². The lowest BCUT2D eigenvalue weighted by Gasteiger charge is -2.10. The Bertz CT molecular complexity index is 719. The lowest BCUT2D eigenvalue weighted by atomic mass is 10.3. The van der Waals surface area contributed by atoms with Gasteiger partial charge >= 0.3 is 0 Å². The van der Waals surface area contributed by atoms with Crippen LogP contribution in [0.5, 0.6) is 0 Å². The molecular weight excluding hydrogens is 443 g/mol. The van der Waals surface area contributed by atoms with Crippen LogP contribution in [0, 0.1) is 3.57 Å². The van der Waals surface area contributed by atoms with Crippen LogP contribution in [0.4, 0.5) is 11.4 Å². The molecule has 19 heavy (non-hydrogen) atoms. The molecular formula is C12H10BrIN2O2S. The van der Waals surface area contributed by atoms with Gasteiger partial charge in [-0.1, -0.05) is 22.0 Å². The number of nitrogens with one attached hydrogen (secondary N) is 1. The third-order valence-electron chi connectivity index (χ3n) is 2.34. The smallest absolute Gasteiger partial charge is 0.263 e. The molecule has 2 aromatic carbocycles. The zero-order valence-corrected chi connectivity index (χ0v) is 14.2. The summed E-state index contributed by atoms with van der Waals surface area (Å²) in [4.78, 5) is 0.0562. The number of hydrogen-bond donors (Lipinski definition) is 2. The van der Waals surface area contributed by atoms with Gasteiger partial charge < -0.3 is 5.73 Å². The quantitative estimate of drug-likeness (QED) is 0.553. The van der Waals surface area contributed by atoms with Crippen LogP contribution in [0.3, 0.4) is 0 Å². The van der Waals surface area contributed by atoms with Gasteiger partial charge in [0.25, 0.3) is 10.0 Å². The molecule has 2 aromatic rings. The molecule has 0 saturated heterocycles. The van der Waals surface area contributed by atoms with Crippen LogP contribution < -0.4 is 10.5 Å². The first-order valence-electron chi connectivity index (χ1n) is 5.22. The SMILES string of the molecule is Nc1ccc(Br)cc1S(=O)(=O)Nc1cccc(I)c1. The molecule has 0 unspecified atom stereocenters. The highest BCUT2D eigenvalue weighted by molar-refractivity contribution is 14.1. The first kappa shape index (κ1) is 14.6. The fraction of sp³-hybridized carbons (Fsp3) is 0. The summed E-state index contributed by atoms with van der Waals surface area (Å²) < 4.78 is 28.7. The van der Waals surface area contributed by atoms with Gasteiger partial charge in [-0.2, -0.15) is 0 Å². The third-order valence-corrected chi connectivity index (χ3v) is 4.94. The third kappa shape index (κ3) is 3.61. The van der Waals surface area contributed by atoms with Crippen molar-refractivity contribution < 1.29 is 8.42 Å². The van der Waals surface area contributed by atoms with E-state index in [1.807, 2.05) is 6.07 Å². The normalized spacial score (nSPS) is 11.3. The summed E-state index contributed by atoms with van der Waals surface area (Å²) in [5.41, 5.74) is 6.43. The molecule has 0 fully saturated rings. The number of rotatable bonds is 3. The summed E-state index contributed by atoms with van der Waals surface area (Å²) in [6, 6.07) is 11.8. The molecule has 0 aliphatic rings. The minimum absolute atomic E-state index is 0.0562. The van der Waals surface area contributed by atoms with E-state index in [-0.39, 0.29) is 10.6 Å². The van der Waals surface area contributed by atoms with E-state index < -0.39 is 10.0 Å². The predicted octanol–water partition coefficient (Wildman–Crippen LogP) is 3.44. The molecule has 0 radical (unpaired) electrons. The summed E-state index contributed by atoms with van der Waals surface area (Å²) >= 11 is 5.35. The molecule has 3 N–H and O–H groups in total. The van der Waals surface area contributed by atoms with Gasteiger partial charge in [0.1, 0.15) is 4.90 Å². The van der Waals surface area contributed by atoms with Gasteiger partial charge in [0.05, 0.1) is 5.69 Å². The predicted molar refractivity (Wildman–Crippen MR) is 88.5 cm³/mol. The van der Waals surface area contributed by atoms with Gasteiger partial charge in [0.2, 0.25) is 0 Å². The van der Waals surface area contributed by atoms with Crippen molar-refractivity contribution in [1.82, 2.24) is 0 Å². The fourth-order valence-electron chi connectivity index (χ4n) is 1.50.